The molecule has 2 rings (SSSR count). The number of nitrogens with one attached hydrogen (secondary N) is 2. The van der Waals surface area contributed by atoms with E-state index < -0.39 is 0 Å². The summed E-state index contributed by atoms with van der Waals surface area (Å²) in [5, 5.41) is 16.3. The summed E-state index contributed by atoms with van der Waals surface area (Å²) < 4.78 is 0. The number of benzene rings is 1. The summed E-state index contributed by atoms with van der Waals surface area (Å²) in [5.41, 5.74) is 4.18. The van der Waals surface area contributed by atoms with Gasteiger partial charge in [-0.25, -0.2) is 4.99 Å². The lowest BCUT2D eigenvalue weighted by Gasteiger charge is -2.32. The van der Waals surface area contributed by atoms with Crippen LogP contribution in [-0.2, 0) is 13.0 Å². The van der Waals surface area contributed by atoms with E-state index in [1.807, 2.05) is 0 Å². The van der Waals surface area contributed by atoms with E-state index in [-0.39, 0.29) is 12.0 Å². The quantitative estimate of drug-likeness (QED) is 0.458. The van der Waals surface area contributed by atoms with Gasteiger partial charge >= 0.3 is 0 Å². The highest BCUT2D eigenvalue weighted by Crippen LogP contribution is 2.29. The smallest absolute Gasteiger partial charge is 0.191 e. The summed E-state index contributed by atoms with van der Waals surface area (Å²) in [4.78, 5) is 7.14. The van der Waals surface area contributed by atoms with Crippen LogP contribution < -0.4 is 15.5 Å². The van der Waals surface area contributed by atoms with Crippen LogP contribution in [0, 0.1) is 5.41 Å². The van der Waals surface area contributed by atoms with Gasteiger partial charge in [-0.2, -0.15) is 0 Å². The molecule has 1 aliphatic heterocycles. The first-order chi connectivity index (χ1) is 13.1. The highest BCUT2D eigenvalue weighted by atomic mass is 16.3. The molecule has 5 heteroatoms. The Hall–Kier alpha value is -1.75. The third kappa shape index (κ3) is 5.86. The molecule has 0 unspecified atom stereocenters. The van der Waals surface area contributed by atoms with Crippen LogP contribution in [0.4, 0.5) is 5.69 Å². The van der Waals surface area contributed by atoms with E-state index >= 15 is 0 Å². The van der Waals surface area contributed by atoms with Crippen molar-refractivity contribution in [2.75, 3.05) is 38.2 Å². The highest BCUT2D eigenvalue weighted by molar-refractivity contribution is 5.79. The molecule has 0 aliphatic carbocycles. The van der Waals surface area contributed by atoms with Crippen molar-refractivity contribution >= 4 is 11.6 Å². The molecule has 5 nitrogen and oxygen atoms in total. The molecular formula is C22H38N4O. The molecule has 0 bridgehead atoms. The molecule has 0 aromatic heterocycles. The SMILES string of the molecule is CCNC(=NCc1ccc2c(c1)CCCN2C)NCC(CC)(CC)CCO. The Morgan fingerprint density at radius 3 is 2.67 bits per heavy atom. The summed E-state index contributed by atoms with van der Waals surface area (Å²) in [7, 11) is 2.17. The molecule has 0 saturated carbocycles. The number of aliphatic imine (C=N–C) groups is 1. The fourth-order valence-electron chi connectivity index (χ4n) is 3.90. The van der Waals surface area contributed by atoms with Crippen LogP contribution in [0.2, 0.25) is 0 Å². The number of hydrogen-bond donors (Lipinski definition) is 3. The van der Waals surface area contributed by atoms with Crippen molar-refractivity contribution in [1.82, 2.24) is 10.6 Å². The van der Waals surface area contributed by atoms with E-state index in [2.05, 4.69) is 61.6 Å². The molecule has 0 fully saturated rings. The van der Waals surface area contributed by atoms with Crippen molar-refractivity contribution < 1.29 is 5.11 Å². The Labute approximate surface area is 165 Å². The molecule has 0 atom stereocenters. The minimum atomic E-state index is 0.126. The largest absolute Gasteiger partial charge is 0.396 e. The lowest BCUT2D eigenvalue weighted by Crippen LogP contribution is -2.43. The molecule has 3 N–H and O–H groups in total. The molecule has 0 spiro atoms. The lowest BCUT2D eigenvalue weighted by atomic mass is 9.79. The third-order valence-electron chi connectivity index (χ3n) is 6.03. The fourth-order valence-corrected chi connectivity index (χ4v) is 3.90. The summed E-state index contributed by atoms with van der Waals surface area (Å²) in [6.45, 7) is 10.2. The van der Waals surface area contributed by atoms with Crippen molar-refractivity contribution in [2.24, 2.45) is 10.4 Å². The molecular weight excluding hydrogens is 336 g/mol. The zero-order valence-corrected chi connectivity index (χ0v) is 17.6. The Morgan fingerprint density at radius 2 is 2.00 bits per heavy atom. The van der Waals surface area contributed by atoms with Gasteiger partial charge in [0.25, 0.3) is 0 Å². The number of rotatable bonds is 9. The van der Waals surface area contributed by atoms with Gasteiger partial charge in [0, 0.05) is 39.0 Å². The van der Waals surface area contributed by atoms with Gasteiger partial charge in [0.05, 0.1) is 6.54 Å². The average molecular weight is 375 g/mol. The number of guanidine groups is 1. The van der Waals surface area contributed by atoms with Crippen molar-refractivity contribution in [3.05, 3.63) is 29.3 Å². The summed E-state index contributed by atoms with van der Waals surface area (Å²) >= 11 is 0. The molecule has 152 valence electrons. The molecule has 27 heavy (non-hydrogen) atoms. The van der Waals surface area contributed by atoms with Crippen molar-refractivity contribution in [1.29, 1.82) is 0 Å². The number of aryl methyl sites for hydroxylation is 1. The van der Waals surface area contributed by atoms with Gasteiger partial charge in [0.15, 0.2) is 5.96 Å². The van der Waals surface area contributed by atoms with Gasteiger partial charge in [-0.3, -0.25) is 0 Å². The van der Waals surface area contributed by atoms with Gasteiger partial charge in [0.1, 0.15) is 0 Å². The first-order valence-electron chi connectivity index (χ1n) is 10.5. The molecule has 0 amide bonds. The average Bonchev–Trinajstić information content (AvgIpc) is 2.69. The van der Waals surface area contributed by atoms with Gasteiger partial charge in [-0.15, -0.1) is 0 Å². The van der Waals surface area contributed by atoms with E-state index in [1.165, 1.54) is 23.2 Å². The number of nitrogens with zero attached hydrogens (tertiary/aromatic N) is 2. The number of fused-ring (bicyclic) bond motifs is 1. The predicted octanol–water partition coefficient (Wildman–Crippen LogP) is 3.31. The second-order valence-electron chi connectivity index (χ2n) is 7.72. The Morgan fingerprint density at radius 1 is 1.22 bits per heavy atom. The molecule has 1 aromatic carbocycles. The van der Waals surface area contributed by atoms with Crippen molar-refractivity contribution in [3.63, 3.8) is 0 Å². The number of aliphatic hydroxyl groups is 1. The third-order valence-corrected chi connectivity index (χ3v) is 6.03. The summed E-state index contributed by atoms with van der Waals surface area (Å²) in [5.74, 6) is 0.858. The summed E-state index contributed by atoms with van der Waals surface area (Å²) in [6.07, 6.45) is 5.31. The van der Waals surface area contributed by atoms with Crippen LogP contribution in [0.15, 0.2) is 23.2 Å². The van der Waals surface area contributed by atoms with Gasteiger partial charge in [0.2, 0.25) is 0 Å². The summed E-state index contributed by atoms with van der Waals surface area (Å²) in [6, 6.07) is 6.74. The van der Waals surface area contributed by atoms with E-state index in [0.29, 0.717) is 6.54 Å². The maximum Gasteiger partial charge on any atom is 0.191 e. The first-order valence-corrected chi connectivity index (χ1v) is 10.5. The second-order valence-corrected chi connectivity index (χ2v) is 7.72. The van der Waals surface area contributed by atoms with Crippen molar-refractivity contribution in [2.45, 2.75) is 59.4 Å². The van der Waals surface area contributed by atoms with Gasteiger partial charge < -0.3 is 20.6 Å². The van der Waals surface area contributed by atoms with E-state index in [9.17, 15) is 5.11 Å². The van der Waals surface area contributed by atoms with Crippen LogP contribution in [0.5, 0.6) is 0 Å². The normalized spacial score (nSPS) is 14.9. The monoisotopic (exact) mass is 374 g/mol. The minimum Gasteiger partial charge on any atom is -0.396 e. The second kappa shape index (κ2) is 10.5. The molecule has 1 aliphatic rings. The van der Waals surface area contributed by atoms with Gasteiger partial charge in [-0.05, 0) is 61.6 Å². The van der Waals surface area contributed by atoms with E-state index in [4.69, 9.17) is 4.99 Å². The Bertz CT molecular complexity index is 610. The highest BCUT2D eigenvalue weighted by Gasteiger charge is 2.25. The van der Waals surface area contributed by atoms with Gasteiger partial charge in [-0.1, -0.05) is 26.0 Å². The van der Waals surface area contributed by atoms with E-state index in [0.717, 1.165) is 51.3 Å². The zero-order chi connectivity index (χ0) is 19.7. The molecule has 1 heterocycles. The Balaban J connectivity index is 2.04. The first kappa shape index (κ1) is 21.5. The maximum absolute atomic E-state index is 9.42. The molecule has 0 saturated heterocycles. The topological polar surface area (TPSA) is 59.9 Å². The fraction of sp³-hybridized carbons (Fsp3) is 0.682. The van der Waals surface area contributed by atoms with Crippen LogP contribution in [0.25, 0.3) is 0 Å². The van der Waals surface area contributed by atoms with Crippen LogP contribution in [-0.4, -0.2) is 44.4 Å². The van der Waals surface area contributed by atoms with Crippen LogP contribution in [0.1, 0.15) is 57.6 Å². The number of anilines is 1. The predicted molar refractivity (Wildman–Crippen MR) is 116 cm³/mol. The Kier molecular flexibility index (Phi) is 8.42. The molecule has 0 radical (unpaired) electrons. The van der Waals surface area contributed by atoms with Crippen molar-refractivity contribution in [3.8, 4) is 0 Å². The van der Waals surface area contributed by atoms with E-state index in [1.54, 1.807) is 0 Å². The van der Waals surface area contributed by atoms with Crippen LogP contribution >= 0.6 is 0 Å². The molecule has 1 aromatic rings. The standard InChI is InChI=1S/C22H38N4O/c1-5-22(6-2,12-14-27)17-25-21(23-7-3)24-16-18-10-11-20-19(15-18)9-8-13-26(20)4/h10-11,15,27H,5-9,12-14,16-17H2,1-4H3,(H2,23,24,25). The maximum atomic E-state index is 9.42. The number of hydrogen-bond acceptors (Lipinski definition) is 3. The van der Waals surface area contributed by atoms with Crippen LogP contribution in [0.3, 0.4) is 0 Å². The minimum absolute atomic E-state index is 0.126. The lowest BCUT2D eigenvalue weighted by molar-refractivity contribution is 0.169. The number of aliphatic hydroxyl groups excluding tert-OH is 1. The zero-order valence-electron chi connectivity index (χ0n) is 17.6.